The molecule has 1 N–H and O–H groups in total. The second-order valence-corrected chi connectivity index (χ2v) is 9.73. The molecule has 2 fully saturated rings. The molecule has 9 nitrogen and oxygen atoms in total. The van der Waals surface area contributed by atoms with Crippen molar-refractivity contribution in [3.8, 4) is 11.1 Å². The summed E-state index contributed by atoms with van der Waals surface area (Å²) < 4.78 is 22.1. The van der Waals surface area contributed by atoms with Crippen LogP contribution in [0.5, 0.6) is 0 Å². The van der Waals surface area contributed by atoms with Crippen LogP contribution in [0.2, 0.25) is 0 Å². The van der Waals surface area contributed by atoms with Crippen molar-refractivity contribution in [2.75, 3.05) is 18.4 Å². The Morgan fingerprint density at radius 1 is 1.11 bits per heavy atom. The van der Waals surface area contributed by atoms with Crippen molar-refractivity contribution in [3.63, 3.8) is 0 Å². The molecular formula is C26H30FN7O2. The molecule has 5 heterocycles. The molecule has 2 aliphatic rings. The van der Waals surface area contributed by atoms with E-state index in [0.29, 0.717) is 11.6 Å². The minimum Gasteiger partial charge on any atom is -0.350 e. The van der Waals surface area contributed by atoms with Crippen molar-refractivity contribution >= 4 is 23.0 Å². The lowest BCUT2D eigenvalue weighted by Crippen LogP contribution is -2.31. The topological polar surface area (TPSA) is 89.1 Å². The minimum atomic E-state index is -1.22. The Kier molecular flexibility index (Phi) is 6.04. The first-order chi connectivity index (χ1) is 17.5. The summed E-state index contributed by atoms with van der Waals surface area (Å²) in [6.07, 6.45) is 11.6. The first-order valence-electron chi connectivity index (χ1n) is 12.7. The number of carbonyl (C=O) groups is 1. The van der Waals surface area contributed by atoms with Crippen LogP contribution in [0, 0.1) is 0 Å². The standard InChI is InChI=1S/C26H30FN7O2/c1-17(27)36-20-7-5-19(6-8-20)30-26-29-14-22-21(10-13-34(22)31-26)18-4-9-24-28-15-23(33(24)16-18)25(35)32-11-2-3-12-32/h4,9-10,13-17,19-20H,2-3,5-8,11-12H2,1H3,(H,30,31). The Balaban J connectivity index is 1.21. The number of fused-ring (bicyclic) bond motifs is 2. The van der Waals surface area contributed by atoms with Gasteiger partial charge in [-0.15, -0.1) is 5.10 Å². The summed E-state index contributed by atoms with van der Waals surface area (Å²) in [7, 11) is 0. The van der Waals surface area contributed by atoms with Crippen molar-refractivity contribution < 1.29 is 13.9 Å². The molecule has 1 unspecified atom stereocenters. The number of imidazole rings is 1. The van der Waals surface area contributed by atoms with Gasteiger partial charge in [0.1, 0.15) is 11.3 Å². The fraction of sp³-hybridized carbons (Fsp3) is 0.462. The lowest BCUT2D eigenvalue weighted by Gasteiger charge is -2.29. The molecule has 1 saturated carbocycles. The van der Waals surface area contributed by atoms with Crippen LogP contribution in [0.15, 0.2) is 43.0 Å². The van der Waals surface area contributed by atoms with E-state index in [2.05, 4.69) is 20.4 Å². The zero-order valence-electron chi connectivity index (χ0n) is 20.3. The van der Waals surface area contributed by atoms with Crippen molar-refractivity contribution in [2.45, 2.75) is 64.0 Å². The van der Waals surface area contributed by atoms with Gasteiger partial charge in [-0.2, -0.15) is 0 Å². The number of halogens is 1. The number of aromatic nitrogens is 5. The van der Waals surface area contributed by atoms with Gasteiger partial charge in [-0.3, -0.25) is 9.20 Å². The predicted molar refractivity (Wildman–Crippen MR) is 134 cm³/mol. The van der Waals surface area contributed by atoms with E-state index in [-0.39, 0.29) is 18.1 Å². The molecule has 0 aromatic carbocycles. The molecule has 1 saturated heterocycles. The van der Waals surface area contributed by atoms with Crippen LogP contribution < -0.4 is 5.32 Å². The van der Waals surface area contributed by atoms with Crippen LogP contribution in [-0.4, -0.2) is 66.4 Å². The summed E-state index contributed by atoms with van der Waals surface area (Å²) in [4.78, 5) is 23.9. The largest absolute Gasteiger partial charge is 0.350 e. The average molecular weight is 492 g/mol. The summed E-state index contributed by atoms with van der Waals surface area (Å²) in [5.74, 6) is 0.592. The van der Waals surface area contributed by atoms with Gasteiger partial charge in [0.05, 0.1) is 24.0 Å². The van der Waals surface area contributed by atoms with Gasteiger partial charge in [-0.1, -0.05) is 0 Å². The Hall–Kier alpha value is -3.53. The zero-order valence-corrected chi connectivity index (χ0v) is 20.3. The smallest absolute Gasteiger partial charge is 0.272 e. The molecule has 4 aromatic rings. The number of ether oxygens (including phenoxy) is 1. The number of hydrogen-bond acceptors (Lipinski definition) is 6. The first kappa shape index (κ1) is 22.9. The lowest BCUT2D eigenvalue weighted by atomic mass is 9.93. The minimum absolute atomic E-state index is 0.0162. The maximum atomic E-state index is 13.1. The molecule has 0 spiro atoms. The number of nitrogens with one attached hydrogen (secondary N) is 1. The molecule has 1 atom stereocenters. The Morgan fingerprint density at radius 3 is 2.69 bits per heavy atom. The van der Waals surface area contributed by atoms with Crippen LogP contribution in [-0.2, 0) is 4.74 Å². The van der Waals surface area contributed by atoms with E-state index in [0.717, 1.165) is 73.9 Å². The van der Waals surface area contributed by atoms with Gasteiger partial charge in [0.25, 0.3) is 5.91 Å². The molecular weight excluding hydrogens is 461 g/mol. The van der Waals surface area contributed by atoms with E-state index in [1.807, 2.05) is 50.6 Å². The molecule has 1 aliphatic heterocycles. The third-order valence-corrected chi connectivity index (χ3v) is 7.23. The van der Waals surface area contributed by atoms with E-state index < -0.39 is 6.36 Å². The maximum absolute atomic E-state index is 13.1. The van der Waals surface area contributed by atoms with Crippen LogP contribution >= 0.6 is 0 Å². The molecule has 10 heteroatoms. The predicted octanol–water partition coefficient (Wildman–Crippen LogP) is 4.34. The monoisotopic (exact) mass is 491 g/mol. The SMILES string of the molecule is CC(F)OC1CCC(Nc2ncc3c(-c4ccc5ncc(C(=O)N6CCCC6)n5c4)ccn3n2)CC1. The molecule has 1 amide bonds. The number of alkyl halides is 1. The third-order valence-electron chi connectivity index (χ3n) is 7.23. The highest BCUT2D eigenvalue weighted by Crippen LogP contribution is 2.28. The van der Waals surface area contributed by atoms with Gasteiger partial charge in [0, 0.05) is 42.7 Å². The number of amides is 1. The Labute approximate surface area is 208 Å². The fourth-order valence-electron chi connectivity index (χ4n) is 5.38. The molecule has 6 rings (SSSR count). The van der Waals surface area contributed by atoms with E-state index in [1.54, 1.807) is 6.20 Å². The number of nitrogens with zero attached hydrogens (tertiary/aromatic N) is 6. The summed E-state index contributed by atoms with van der Waals surface area (Å²) in [6, 6.07) is 6.18. The summed E-state index contributed by atoms with van der Waals surface area (Å²) >= 11 is 0. The molecule has 0 bridgehead atoms. The second kappa shape index (κ2) is 9.50. The normalized spacial score (nSPS) is 21.3. The third kappa shape index (κ3) is 4.41. The summed E-state index contributed by atoms with van der Waals surface area (Å²) in [5.41, 5.74) is 4.15. The van der Waals surface area contributed by atoms with Gasteiger partial charge in [0.15, 0.2) is 6.36 Å². The lowest BCUT2D eigenvalue weighted by molar-refractivity contribution is -0.0862. The van der Waals surface area contributed by atoms with E-state index in [1.165, 1.54) is 6.92 Å². The quantitative estimate of drug-likeness (QED) is 0.432. The van der Waals surface area contributed by atoms with Gasteiger partial charge in [-0.05, 0) is 63.6 Å². The molecule has 1 aliphatic carbocycles. The highest BCUT2D eigenvalue weighted by Gasteiger charge is 2.24. The van der Waals surface area contributed by atoms with Gasteiger partial charge in [0.2, 0.25) is 5.95 Å². The molecule has 36 heavy (non-hydrogen) atoms. The van der Waals surface area contributed by atoms with Gasteiger partial charge < -0.3 is 15.0 Å². The Morgan fingerprint density at radius 2 is 1.92 bits per heavy atom. The highest BCUT2D eigenvalue weighted by atomic mass is 19.1. The number of carbonyl (C=O) groups excluding carboxylic acids is 1. The van der Waals surface area contributed by atoms with Crippen LogP contribution in [0.4, 0.5) is 10.3 Å². The van der Waals surface area contributed by atoms with Crippen molar-refractivity contribution in [2.24, 2.45) is 0 Å². The van der Waals surface area contributed by atoms with E-state index >= 15 is 0 Å². The fourth-order valence-corrected chi connectivity index (χ4v) is 5.38. The second-order valence-electron chi connectivity index (χ2n) is 9.73. The molecule has 0 radical (unpaired) electrons. The number of anilines is 1. The summed E-state index contributed by atoms with van der Waals surface area (Å²) in [5, 5.41) is 8.07. The van der Waals surface area contributed by atoms with Gasteiger partial charge >= 0.3 is 0 Å². The van der Waals surface area contributed by atoms with Crippen molar-refractivity contribution in [1.29, 1.82) is 0 Å². The number of rotatable bonds is 6. The van der Waals surface area contributed by atoms with Crippen LogP contribution in [0.25, 0.3) is 22.3 Å². The number of hydrogen-bond donors (Lipinski definition) is 1. The Bertz CT molecular complexity index is 1380. The van der Waals surface area contributed by atoms with Crippen LogP contribution in [0.3, 0.4) is 0 Å². The van der Waals surface area contributed by atoms with Crippen LogP contribution in [0.1, 0.15) is 55.9 Å². The first-order valence-corrected chi connectivity index (χ1v) is 12.7. The van der Waals surface area contributed by atoms with Gasteiger partial charge in [-0.25, -0.2) is 18.9 Å². The molecule has 4 aromatic heterocycles. The van der Waals surface area contributed by atoms with Crippen molar-refractivity contribution in [3.05, 3.63) is 48.7 Å². The zero-order chi connectivity index (χ0) is 24.6. The number of likely N-dealkylation sites (tertiary alicyclic amines) is 1. The summed E-state index contributed by atoms with van der Waals surface area (Å²) in [6.45, 7) is 3.03. The molecule has 188 valence electrons. The average Bonchev–Trinajstić information content (AvgIpc) is 3.63. The van der Waals surface area contributed by atoms with E-state index in [4.69, 9.17) is 4.74 Å². The number of pyridine rings is 1. The van der Waals surface area contributed by atoms with Crippen molar-refractivity contribution in [1.82, 2.24) is 28.9 Å². The highest BCUT2D eigenvalue weighted by molar-refractivity contribution is 5.93. The maximum Gasteiger partial charge on any atom is 0.272 e. The van der Waals surface area contributed by atoms with E-state index in [9.17, 15) is 9.18 Å².